The Morgan fingerprint density at radius 1 is 1.32 bits per heavy atom. The van der Waals surface area contributed by atoms with Crippen LogP contribution in [0, 0.1) is 0 Å². The predicted octanol–water partition coefficient (Wildman–Crippen LogP) is 3.81. The normalized spacial score (nSPS) is 11.4. The standard InChI is InChI=1S/C14H19Cl2NO2/c1-14(2,3)19-13(18)6-7-17-9-10-4-5-11(15)8-12(10)16/h4-5,8,17H,6-7,9H2,1-3H3. The molecule has 19 heavy (non-hydrogen) atoms. The molecule has 0 aromatic heterocycles. The highest BCUT2D eigenvalue weighted by Crippen LogP contribution is 2.20. The topological polar surface area (TPSA) is 38.3 Å². The fourth-order valence-electron chi connectivity index (χ4n) is 1.47. The number of benzene rings is 1. The van der Waals surface area contributed by atoms with Gasteiger partial charge in [-0.3, -0.25) is 4.79 Å². The lowest BCUT2D eigenvalue weighted by Crippen LogP contribution is -2.26. The molecule has 0 bridgehead atoms. The number of ether oxygens (including phenoxy) is 1. The molecule has 1 aromatic carbocycles. The maximum atomic E-state index is 11.5. The van der Waals surface area contributed by atoms with Crippen molar-refractivity contribution < 1.29 is 9.53 Å². The molecule has 0 aliphatic carbocycles. The average Bonchev–Trinajstić information content (AvgIpc) is 2.24. The summed E-state index contributed by atoms with van der Waals surface area (Å²) < 4.78 is 5.21. The van der Waals surface area contributed by atoms with Crippen molar-refractivity contribution in [2.75, 3.05) is 6.54 Å². The molecule has 1 aromatic rings. The molecular formula is C14H19Cl2NO2. The van der Waals surface area contributed by atoms with Gasteiger partial charge in [0.05, 0.1) is 6.42 Å². The predicted molar refractivity (Wildman–Crippen MR) is 78.6 cm³/mol. The summed E-state index contributed by atoms with van der Waals surface area (Å²) in [6, 6.07) is 5.36. The lowest BCUT2D eigenvalue weighted by atomic mass is 10.2. The average molecular weight is 304 g/mol. The Morgan fingerprint density at radius 2 is 2.00 bits per heavy atom. The van der Waals surface area contributed by atoms with E-state index in [1.54, 1.807) is 12.1 Å². The highest BCUT2D eigenvalue weighted by molar-refractivity contribution is 6.35. The molecule has 0 saturated heterocycles. The Balaban J connectivity index is 2.29. The number of hydrogen-bond donors (Lipinski definition) is 1. The van der Waals surface area contributed by atoms with Crippen LogP contribution in [0.1, 0.15) is 32.8 Å². The van der Waals surface area contributed by atoms with Gasteiger partial charge in [0.2, 0.25) is 0 Å². The molecule has 106 valence electrons. The first-order valence-electron chi connectivity index (χ1n) is 6.14. The van der Waals surface area contributed by atoms with E-state index in [2.05, 4.69) is 5.32 Å². The Hall–Kier alpha value is -0.770. The van der Waals surface area contributed by atoms with Crippen LogP contribution < -0.4 is 5.32 Å². The molecule has 0 heterocycles. The van der Waals surface area contributed by atoms with E-state index in [4.69, 9.17) is 27.9 Å². The van der Waals surface area contributed by atoms with Gasteiger partial charge in [-0.05, 0) is 38.5 Å². The molecule has 0 amide bonds. The molecule has 5 heteroatoms. The Bertz CT molecular complexity index is 442. The third-order valence-corrected chi connectivity index (χ3v) is 2.84. The molecule has 3 nitrogen and oxygen atoms in total. The molecule has 0 atom stereocenters. The van der Waals surface area contributed by atoms with Crippen molar-refractivity contribution in [3.05, 3.63) is 33.8 Å². The first kappa shape index (κ1) is 16.3. The van der Waals surface area contributed by atoms with Crippen LogP contribution in [0.15, 0.2) is 18.2 Å². The summed E-state index contributed by atoms with van der Waals surface area (Å²) in [6.07, 6.45) is 0.336. The van der Waals surface area contributed by atoms with Gasteiger partial charge in [-0.1, -0.05) is 29.3 Å². The second-order valence-electron chi connectivity index (χ2n) is 5.25. The zero-order valence-corrected chi connectivity index (χ0v) is 12.9. The number of halogens is 2. The van der Waals surface area contributed by atoms with Gasteiger partial charge in [0, 0.05) is 23.1 Å². The highest BCUT2D eigenvalue weighted by atomic mass is 35.5. The van der Waals surface area contributed by atoms with Gasteiger partial charge >= 0.3 is 5.97 Å². The van der Waals surface area contributed by atoms with Crippen molar-refractivity contribution in [1.82, 2.24) is 5.32 Å². The number of esters is 1. The van der Waals surface area contributed by atoms with Crippen LogP contribution in [0.5, 0.6) is 0 Å². The van der Waals surface area contributed by atoms with Crippen LogP contribution in [-0.2, 0) is 16.1 Å². The first-order chi connectivity index (χ1) is 8.78. The van der Waals surface area contributed by atoms with Gasteiger partial charge in [-0.25, -0.2) is 0 Å². The van der Waals surface area contributed by atoms with Crippen LogP contribution in [0.4, 0.5) is 0 Å². The van der Waals surface area contributed by atoms with Crippen LogP contribution in [0.25, 0.3) is 0 Å². The molecular weight excluding hydrogens is 285 g/mol. The van der Waals surface area contributed by atoms with Gasteiger partial charge in [0.25, 0.3) is 0 Å². The largest absolute Gasteiger partial charge is 0.460 e. The smallest absolute Gasteiger partial charge is 0.307 e. The summed E-state index contributed by atoms with van der Waals surface area (Å²) in [5.41, 5.74) is 0.520. The molecule has 1 rings (SSSR count). The highest BCUT2D eigenvalue weighted by Gasteiger charge is 2.15. The monoisotopic (exact) mass is 303 g/mol. The van der Waals surface area contributed by atoms with Gasteiger partial charge in [0.15, 0.2) is 0 Å². The van der Waals surface area contributed by atoms with Gasteiger partial charge in [-0.15, -0.1) is 0 Å². The van der Waals surface area contributed by atoms with Crippen LogP contribution in [-0.4, -0.2) is 18.1 Å². The summed E-state index contributed by atoms with van der Waals surface area (Å²) >= 11 is 11.9. The summed E-state index contributed by atoms with van der Waals surface area (Å²) in [5, 5.41) is 4.39. The van der Waals surface area contributed by atoms with Crippen LogP contribution in [0.2, 0.25) is 10.0 Å². The number of carbonyl (C=O) groups is 1. The van der Waals surface area contributed by atoms with E-state index in [0.717, 1.165) is 5.56 Å². The molecule has 1 N–H and O–H groups in total. The number of hydrogen-bond acceptors (Lipinski definition) is 3. The van der Waals surface area contributed by atoms with E-state index >= 15 is 0 Å². The van der Waals surface area contributed by atoms with Crippen molar-refractivity contribution in [2.24, 2.45) is 0 Å². The van der Waals surface area contributed by atoms with Crippen LogP contribution >= 0.6 is 23.2 Å². The SMILES string of the molecule is CC(C)(C)OC(=O)CCNCc1ccc(Cl)cc1Cl. The fraction of sp³-hybridized carbons (Fsp3) is 0.500. The summed E-state index contributed by atoms with van der Waals surface area (Å²) in [6.45, 7) is 6.70. The molecule has 0 aliphatic rings. The minimum Gasteiger partial charge on any atom is -0.460 e. The molecule has 0 aliphatic heterocycles. The second-order valence-corrected chi connectivity index (χ2v) is 6.09. The van der Waals surface area contributed by atoms with E-state index in [0.29, 0.717) is 29.6 Å². The summed E-state index contributed by atoms with van der Waals surface area (Å²) in [4.78, 5) is 11.5. The molecule has 0 spiro atoms. The Labute approximate surface area is 124 Å². The van der Waals surface area contributed by atoms with Crippen LogP contribution in [0.3, 0.4) is 0 Å². The third kappa shape index (κ3) is 6.81. The summed E-state index contributed by atoms with van der Waals surface area (Å²) in [5.74, 6) is -0.206. The second kappa shape index (κ2) is 7.13. The molecule has 0 radical (unpaired) electrons. The number of nitrogens with one attached hydrogen (secondary N) is 1. The first-order valence-corrected chi connectivity index (χ1v) is 6.90. The van der Waals surface area contributed by atoms with E-state index < -0.39 is 5.60 Å². The zero-order valence-electron chi connectivity index (χ0n) is 11.4. The molecule has 0 unspecified atom stereocenters. The molecule has 0 saturated carbocycles. The van der Waals surface area contributed by atoms with Gasteiger partial charge in [-0.2, -0.15) is 0 Å². The quantitative estimate of drug-likeness (QED) is 0.664. The maximum Gasteiger partial charge on any atom is 0.307 e. The van der Waals surface area contributed by atoms with Gasteiger partial charge in [0.1, 0.15) is 5.60 Å². The van der Waals surface area contributed by atoms with Crippen molar-refractivity contribution in [3.8, 4) is 0 Å². The lowest BCUT2D eigenvalue weighted by Gasteiger charge is -2.19. The Morgan fingerprint density at radius 3 is 2.58 bits per heavy atom. The van der Waals surface area contributed by atoms with Gasteiger partial charge < -0.3 is 10.1 Å². The third-order valence-electron chi connectivity index (χ3n) is 2.26. The minimum atomic E-state index is -0.434. The van der Waals surface area contributed by atoms with Crippen molar-refractivity contribution in [3.63, 3.8) is 0 Å². The van der Waals surface area contributed by atoms with E-state index in [1.165, 1.54) is 0 Å². The summed E-state index contributed by atoms with van der Waals surface area (Å²) in [7, 11) is 0. The number of rotatable bonds is 5. The zero-order chi connectivity index (χ0) is 14.5. The van der Waals surface area contributed by atoms with E-state index in [-0.39, 0.29) is 5.97 Å². The minimum absolute atomic E-state index is 0.206. The van der Waals surface area contributed by atoms with E-state index in [1.807, 2.05) is 26.8 Å². The fourth-order valence-corrected chi connectivity index (χ4v) is 1.95. The van der Waals surface area contributed by atoms with Crippen molar-refractivity contribution >= 4 is 29.2 Å². The maximum absolute atomic E-state index is 11.5. The lowest BCUT2D eigenvalue weighted by molar-refractivity contribution is -0.154. The van der Waals surface area contributed by atoms with Crippen molar-refractivity contribution in [1.29, 1.82) is 0 Å². The van der Waals surface area contributed by atoms with E-state index in [9.17, 15) is 4.79 Å². The van der Waals surface area contributed by atoms with Crippen molar-refractivity contribution in [2.45, 2.75) is 39.3 Å². The number of carbonyl (C=O) groups excluding carboxylic acids is 1. The Kier molecular flexibility index (Phi) is 6.11. The molecule has 0 fully saturated rings.